The number of aryl methyl sites for hydroxylation is 3. The molecule has 0 saturated carbocycles. The normalized spacial score (nSPS) is 11.3. The SMILES string of the molecule is CCNc1cc(Nc2ccc(NS(=O)(=O)c3c(C)nn(C)c3C)cc2)nc(C)n1. The van der Waals surface area contributed by atoms with Gasteiger partial charge >= 0.3 is 0 Å². The first kappa shape index (κ1) is 20.6. The largest absolute Gasteiger partial charge is 0.370 e. The Balaban J connectivity index is 1.77. The smallest absolute Gasteiger partial charge is 0.265 e. The van der Waals surface area contributed by atoms with Gasteiger partial charge in [0.25, 0.3) is 10.0 Å². The number of anilines is 4. The minimum Gasteiger partial charge on any atom is -0.370 e. The van der Waals surface area contributed by atoms with E-state index in [-0.39, 0.29) is 4.90 Å². The molecule has 0 aliphatic carbocycles. The van der Waals surface area contributed by atoms with E-state index in [2.05, 4.69) is 30.4 Å². The third-order valence-corrected chi connectivity index (χ3v) is 5.95. The molecule has 0 amide bonds. The fourth-order valence-electron chi connectivity index (χ4n) is 3.02. The van der Waals surface area contributed by atoms with Crippen molar-refractivity contribution in [2.75, 3.05) is 21.9 Å². The highest BCUT2D eigenvalue weighted by Crippen LogP contribution is 2.24. The number of benzene rings is 1. The van der Waals surface area contributed by atoms with Gasteiger partial charge < -0.3 is 10.6 Å². The van der Waals surface area contributed by atoms with Gasteiger partial charge in [-0.25, -0.2) is 18.4 Å². The summed E-state index contributed by atoms with van der Waals surface area (Å²) in [7, 11) is -2.01. The zero-order valence-electron chi connectivity index (χ0n) is 17.1. The molecule has 0 unspecified atom stereocenters. The van der Waals surface area contributed by atoms with Crippen molar-refractivity contribution in [3.63, 3.8) is 0 Å². The highest BCUT2D eigenvalue weighted by atomic mass is 32.2. The number of hydrogen-bond acceptors (Lipinski definition) is 7. The molecule has 3 N–H and O–H groups in total. The first-order valence-electron chi connectivity index (χ1n) is 9.19. The molecule has 0 bridgehead atoms. The molecule has 0 aliphatic rings. The quantitative estimate of drug-likeness (QED) is 0.543. The van der Waals surface area contributed by atoms with Crippen LogP contribution >= 0.6 is 0 Å². The van der Waals surface area contributed by atoms with Crippen LogP contribution in [0.1, 0.15) is 24.1 Å². The maximum Gasteiger partial charge on any atom is 0.265 e. The van der Waals surface area contributed by atoms with Gasteiger partial charge in [0.1, 0.15) is 22.4 Å². The molecule has 0 spiro atoms. The lowest BCUT2D eigenvalue weighted by atomic mass is 10.3. The van der Waals surface area contributed by atoms with E-state index in [0.717, 1.165) is 18.1 Å². The molecule has 2 aromatic heterocycles. The van der Waals surface area contributed by atoms with E-state index in [4.69, 9.17) is 0 Å². The van der Waals surface area contributed by atoms with E-state index in [0.29, 0.717) is 28.7 Å². The molecule has 2 heterocycles. The van der Waals surface area contributed by atoms with Crippen LogP contribution in [-0.2, 0) is 17.1 Å². The molecule has 1 aromatic carbocycles. The second-order valence-electron chi connectivity index (χ2n) is 6.65. The maximum atomic E-state index is 12.8. The molecule has 3 rings (SSSR count). The summed E-state index contributed by atoms with van der Waals surface area (Å²) in [4.78, 5) is 8.89. The Bertz CT molecular complexity index is 1120. The summed E-state index contributed by atoms with van der Waals surface area (Å²) < 4.78 is 29.7. The van der Waals surface area contributed by atoms with E-state index in [1.165, 1.54) is 0 Å². The Morgan fingerprint density at radius 1 is 1.00 bits per heavy atom. The summed E-state index contributed by atoms with van der Waals surface area (Å²) in [5.74, 6) is 2.05. The standard InChI is InChI=1S/C19H25N7O2S/c1-6-20-17-11-18(22-14(4)21-17)23-15-7-9-16(10-8-15)25-29(27,28)19-12(2)24-26(5)13(19)3/h7-11,25H,6H2,1-5H3,(H2,20,21,22,23). The average molecular weight is 416 g/mol. The van der Waals surface area contributed by atoms with Crippen LogP contribution in [0.3, 0.4) is 0 Å². The molecule has 10 heteroatoms. The number of rotatable bonds is 7. The van der Waals surface area contributed by atoms with Crippen molar-refractivity contribution in [1.29, 1.82) is 0 Å². The third-order valence-electron chi connectivity index (χ3n) is 4.32. The van der Waals surface area contributed by atoms with Gasteiger partial charge in [-0.1, -0.05) is 0 Å². The molecule has 0 aliphatic heterocycles. The molecular formula is C19H25N7O2S. The lowest BCUT2D eigenvalue weighted by Gasteiger charge is -2.11. The summed E-state index contributed by atoms with van der Waals surface area (Å²) in [6.07, 6.45) is 0. The second-order valence-corrected chi connectivity index (χ2v) is 8.27. The number of nitrogens with zero attached hydrogens (tertiary/aromatic N) is 4. The van der Waals surface area contributed by atoms with Crippen LogP contribution < -0.4 is 15.4 Å². The Hall–Kier alpha value is -3.14. The van der Waals surface area contributed by atoms with E-state index in [1.807, 2.05) is 19.9 Å². The van der Waals surface area contributed by atoms with Crippen LogP contribution in [-0.4, -0.2) is 34.7 Å². The van der Waals surface area contributed by atoms with Crippen LogP contribution in [0.4, 0.5) is 23.0 Å². The summed E-state index contributed by atoms with van der Waals surface area (Å²) in [6, 6.07) is 8.78. The average Bonchev–Trinajstić information content (AvgIpc) is 2.89. The highest BCUT2D eigenvalue weighted by molar-refractivity contribution is 7.92. The van der Waals surface area contributed by atoms with Crippen molar-refractivity contribution in [2.45, 2.75) is 32.6 Å². The van der Waals surface area contributed by atoms with Crippen LogP contribution in [0, 0.1) is 20.8 Å². The van der Waals surface area contributed by atoms with Crippen LogP contribution in [0.5, 0.6) is 0 Å². The Morgan fingerprint density at radius 3 is 2.21 bits per heavy atom. The zero-order valence-corrected chi connectivity index (χ0v) is 17.9. The minimum absolute atomic E-state index is 0.203. The lowest BCUT2D eigenvalue weighted by molar-refractivity contribution is 0.599. The van der Waals surface area contributed by atoms with E-state index in [9.17, 15) is 8.42 Å². The number of sulfonamides is 1. The van der Waals surface area contributed by atoms with Gasteiger partial charge in [-0.05, 0) is 52.0 Å². The van der Waals surface area contributed by atoms with E-state index in [1.54, 1.807) is 49.8 Å². The van der Waals surface area contributed by atoms with Crippen molar-refractivity contribution >= 4 is 33.0 Å². The Morgan fingerprint density at radius 2 is 1.62 bits per heavy atom. The van der Waals surface area contributed by atoms with E-state index >= 15 is 0 Å². The van der Waals surface area contributed by atoms with Gasteiger partial charge in [0.15, 0.2) is 0 Å². The minimum atomic E-state index is -3.73. The Labute approximate surface area is 170 Å². The van der Waals surface area contributed by atoms with Crippen LogP contribution in [0.2, 0.25) is 0 Å². The van der Waals surface area contributed by atoms with Crippen LogP contribution in [0.15, 0.2) is 35.2 Å². The van der Waals surface area contributed by atoms with Gasteiger partial charge in [0.2, 0.25) is 0 Å². The third kappa shape index (κ3) is 4.65. The molecular weight excluding hydrogens is 390 g/mol. The summed E-state index contributed by atoms with van der Waals surface area (Å²) >= 11 is 0. The predicted molar refractivity (Wildman–Crippen MR) is 114 cm³/mol. The topological polar surface area (TPSA) is 114 Å². The van der Waals surface area contributed by atoms with Crippen molar-refractivity contribution < 1.29 is 8.42 Å². The summed E-state index contributed by atoms with van der Waals surface area (Å²) in [5.41, 5.74) is 2.29. The molecule has 9 nitrogen and oxygen atoms in total. The first-order valence-corrected chi connectivity index (χ1v) is 10.7. The molecule has 0 fully saturated rings. The summed E-state index contributed by atoms with van der Waals surface area (Å²) in [5, 5.41) is 10.5. The monoisotopic (exact) mass is 415 g/mol. The molecule has 154 valence electrons. The van der Waals surface area contributed by atoms with E-state index < -0.39 is 10.0 Å². The molecule has 3 aromatic rings. The van der Waals surface area contributed by atoms with Gasteiger partial charge in [-0.2, -0.15) is 5.10 Å². The molecule has 29 heavy (non-hydrogen) atoms. The van der Waals surface area contributed by atoms with Crippen molar-refractivity contribution in [1.82, 2.24) is 19.7 Å². The second kappa shape index (κ2) is 8.08. The number of hydrogen-bond donors (Lipinski definition) is 3. The first-order chi connectivity index (χ1) is 13.7. The highest BCUT2D eigenvalue weighted by Gasteiger charge is 2.23. The van der Waals surface area contributed by atoms with Gasteiger partial charge in [0, 0.05) is 31.0 Å². The lowest BCUT2D eigenvalue weighted by Crippen LogP contribution is -2.14. The fraction of sp³-hybridized carbons (Fsp3) is 0.316. The molecule has 0 atom stereocenters. The van der Waals surface area contributed by atoms with Gasteiger partial charge in [-0.3, -0.25) is 9.40 Å². The fourth-order valence-corrected chi connectivity index (χ4v) is 4.52. The van der Waals surface area contributed by atoms with Gasteiger partial charge in [-0.15, -0.1) is 0 Å². The zero-order chi connectivity index (χ0) is 21.2. The van der Waals surface area contributed by atoms with Crippen LogP contribution in [0.25, 0.3) is 0 Å². The van der Waals surface area contributed by atoms with Crippen molar-refractivity contribution in [3.8, 4) is 0 Å². The maximum absolute atomic E-state index is 12.8. The molecule has 0 radical (unpaired) electrons. The van der Waals surface area contributed by atoms with Crippen molar-refractivity contribution in [3.05, 3.63) is 47.5 Å². The number of aromatic nitrogens is 4. The predicted octanol–water partition coefficient (Wildman–Crippen LogP) is 3.11. The van der Waals surface area contributed by atoms with Crippen molar-refractivity contribution in [2.24, 2.45) is 7.05 Å². The molecule has 0 saturated heterocycles. The summed E-state index contributed by atoms with van der Waals surface area (Å²) in [6.45, 7) is 8.00. The number of nitrogens with one attached hydrogen (secondary N) is 3. The van der Waals surface area contributed by atoms with Gasteiger partial charge in [0.05, 0.1) is 11.4 Å². The Kier molecular flexibility index (Phi) is 5.73.